The highest BCUT2D eigenvalue weighted by molar-refractivity contribution is 7.89. The van der Waals surface area contributed by atoms with Gasteiger partial charge >= 0.3 is 0 Å². The Hall–Kier alpha value is -0.860. The van der Waals surface area contributed by atoms with E-state index < -0.39 is 10.0 Å². The molecule has 112 valence electrons. The molecule has 6 nitrogen and oxygen atoms in total. The molecule has 0 radical (unpaired) electrons. The molecule has 1 aliphatic rings. The molecule has 0 atom stereocenters. The number of aromatic nitrogens is 2. The third kappa shape index (κ3) is 3.07. The molecule has 2 aromatic rings. The first-order valence-corrected chi connectivity index (χ1v) is 7.26. The number of piperazine rings is 1. The number of hydrogen-bond donors (Lipinski definition) is 2. The highest BCUT2D eigenvalue weighted by Gasteiger charge is 2.25. The number of rotatable bonds is 2. The maximum atomic E-state index is 12.4. The second-order valence-electron chi connectivity index (χ2n) is 4.27. The molecule has 1 saturated heterocycles. The largest absolute Gasteiger partial charge is 0.314 e. The fraction of sp³-hybridized carbons (Fsp3) is 0.364. The lowest BCUT2D eigenvalue weighted by Gasteiger charge is -2.26. The van der Waals surface area contributed by atoms with Gasteiger partial charge in [-0.2, -0.15) is 9.40 Å². The summed E-state index contributed by atoms with van der Waals surface area (Å²) in [5, 5.41) is 10.7. The van der Waals surface area contributed by atoms with Gasteiger partial charge in [-0.3, -0.25) is 5.10 Å². The maximum absolute atomic E-state index is 12.4. The lowest BCUT2D eigenvalue weighted by Crippen LogP contribution is -2.46. The summed E-state index contributed by atoms with van der Waals surface area (Å²) >= 11 is 0. The highest BCUT2D eigenvalue weighted by Crippen LogP contribution is 2.20. The predicted molar refractivity (Wildman–Crippen MR) is 82.2 cm³/mol. The van der Waals surface area contributed by atoms with Crippen LogP contribution in [0, 0.1) is 0 Å². The van der Waals surface area contributed by atoms with Crippen LogP contribution in [0.3, 0.4) is 0 Å². The summed E-state index contributed by atoms with van der Waals surface area (Å²) in [6, 6.07) is 5.04. The Labute approximate surface area is 129 Å². The van der Waals surface area contributed by atoms with Crippen LogP contribution in [0.4, 0.5) is 0 Å². The molecule has 0 spiro atoms. The molecule has 0 amide bonds. The standard InChI is InChI=1S/C11H14N4O2S.2ClH/c16-18(17,15-5-3-12-4-6-15)10-2-1-9-8-13-14-11(9)7-10;;/h1-2,7-8,12H,3-6H2,(H,13,14);2*1H. The average Bonchev–Trinajstić information content (AvgIpc) is 2.87. The lowest BCUT2D eigenvalue weighted by molar-refractivity contribution is 0.360. The number of nitrogens with zero attached hydrogens (tertiary/aromatic N) is 2. The molecule has 1 aliphatic heterocycles. The Bertz CT molecular complexity index is 668. The second kappa shape index (κ2) is 6.73. The molecule has 20 heavy (non-hydrogen) atoms. The summed E-state index contributed by atoms with van der Waals surface area (Å²) < 4.78 is 26.3. The van der Waals surface area contributed by atoms with Crippen molar-refractivity contribution >= 4 is 45.7 Å². The quantitative estimate of drug-likeness (QED) is 0.856. The Morgan fingerprint density at radius 2 is 1.85 bits per heavy atom. The zero-order chi connectivity index (χ0) is 12.6. The summed E-state index contributed by atoms with van der Waals surface area (Å²) in [5.41, 5.74) is 0.742. The van der Waals surface area contributed by atoms with Gasteiger partial charge < -0.3 is 5.32 Å². The normalized spacial score (nSPS) is 16.4. The molecule has 0 saturated carbocycles. The van der Waals surface area contributed by atoms with Crippen molar-refractivity contribution in [1.82, 2.24) is 19.8 Å². The zero-order valence-corrected chi connectivity index (χ0v) is 13.0. The fourth-order valence-corrected chi connectivity index (χ4v) is 3.58. The number of fused-ring (bicyclic) bond motifs is 1. The summed E-state index contributed by atoms with van der Waals surface area (Å²) in [4.78, 5) is 0.321. The van der Waals surface area contributed by atoms with Crippen LogP contribution in [0.1, 0.15) is 0 Å². The van der Waals surface area contributed by atoms with E-state index in [0.717, 1.165) is 10.9 Å². The van der Waals surface area contributed by atoms with Gasteiger partial charge in [0.25, 0.3) is 0 Å². The molecule has 0 aliphatic carbocycles. The van der Waals surface area contributed by atoms with E-state index in [9.17, 15) is 8.42 Å². The van der Waals surface area contributed by atoms with Crippen LogP contribution in [0.5, 0.6) is 0 Å². The van der Waals surface area contributed by atoms with Gasteiger partial charge in [-0.25, -0.2) is 8.42 Å². The van der Waals surface area contributed by atoms with Crippen molar-refractivity contribution in [3.8, 4) is 0 Å². The third-order valence-corrected chi connectivity index (χ3v) is 5.02. The number of aromatic amines is 1. The van der Waals surface area contributed by atoms with Gasteiger partial charge in [0.05, 0.1) is 16.6 Å². The topological polar surface area (TPSA) is 78.1 Å². The Balaban J connectivity index is 0.000001000. The molecule has 0 unspecified atom stereocenters. The number of halogens is 2. The number of benzene rings is 1. The average molecular weight is 339 g/mol. The SMILES string of the molecule is Cl.Cl.O=S(=O)(c1ccc2cn[nH]c2c1)N1CCNCC1. The van der Waals surface area contributed by atoms with Crippen molar-refractivity contribution in [3.05, 3.63) is 24.4 Å². The first-order valence-electron chi connectivity index (χ1n) is 5.82. The van der Waals surface area contributed by atoms with Crippen molar-refractivity contribution in [2.45, 2.75) is 4.90 Å². The third-order valence-electron chi connectivity index (χ3n) is 3.13. The van der Waals surface area contributed by atoms with Crippen LogP contribution in [0.25, 0.3) is 10.9 Å². The van der Waals surface area contributed by atoms with Crippen LogP contribution < -0.4 is 5.32 Å². The monoisotopic (exact) mass is 338 g/mol. The summed E-state index contributed by atoms with van der Waals surface area (Å²) in [5.74, 6) is 0. The van der Waals surface area contributed by atoms with Crippen LogP contribution in [-0.2, 0) is 10.0 Å². The molecule has 1 aromatic heterocycles. The summed E-state index contributed by atoms with van der Waals surface area (Å²) in [6.45, 7) is 2.43. The molecule has 1 aromatic carbocycles. The van der Waals surface area contributed by atoms with E-state index >= 15 is 0 Å². The second-order valence-corrected chi connectivity index (χ2v) is 6.21. The fourth-order valence-electron chi connectivity index (χ4n) is 2.11. The number of nitrogens with one attached hydrogen (secondary N) is 2. The molecular weight excluding hydrogens is 323 g/mol. The number of hydrogen-bond acceptors (Lipinski definition) is 4. The minimum Gasteiger partial charge on any atom is -0.314 e. The first-order chi connectivity index (χ1) is 8.68. The highest BCUT2D eigenvalue weighted by atomic mass is 35.5. The van der Waals surface area contributed by atoms with Crippen LogP contribution in [0.2, 0.25) is 0 Å². The molecule has 1 fully saturated rings. The molecule has 2 heterocycles. The van der Waals surface area contributed by atoms with Crippen molar-refractivity contribution in [1.29, 1.82) is 0 Å². The van der Waals surface area contributed by atoms with Gasteiger partial charge in [0.1, 0.15) is 0 Å². The van der Waals surface area contributed by atoms with Crippen molar-refractivity contribution < 1.29 is 8.42 Å². The predicted octanol–water partition coefficient (Wildman–Crippen LogP) is 1.00. The molecule has 3 rings (SSSR count). The van der Waals surface area contributed by atoms with E-state index in [4.69, 9.17) is 0 Å². The van der Waals surface area contributed by atoms with Crippen LogP contribution in [-0.4, -0.2) is 49.1 Å². The van der Waals surface area contributed by atoms with E-state index in [0.29, 0.717) is 31.1 Å². The Morgan fingerprint density at radius 1 is 1.15 bits per heavy atom. The minimum absolute atomic E-state index is 0. The van der Waals surface area contributed by atoms with Crippen molar-refractivity contribution in [3.63, 3.8) is 0 Å². The number of H-pyrrole nitrogens is 1. The Morgan fingerprint density at radius 3 is 2.55 bits per heavy atom. The van der Waals surface area contributed by atoms with Gasteiger partial charge in [0.15, 0.2) is 0 Å². The maximum Gasteiger partial charge on any atom is 0.243 e. The smallest absolute Gasteiger partial charge is 0.243 e. The van der Waals surface area contributed by atoms with Crippen LogP contribution >= 0.6 is 24.8 Å². The zero-order valence-electron chi connectivity index (χ0n) is 10.6. The van der Waals surface area contributed by atoms with Crippen molar-refractivity contribution in [2.24, 2.45) is 0 Å². The van der Waals surface area contributed by atoms with Gasteiger partial charge in [0, 0.05) is 31.6 Å². The molecule has 0 bridgehead atoms. The minimum atomic E-state index is -3.39. The summed E-state index contributed by atoms with van der Waals surface area (Å²) in [6.07, 6.45) is 1.68. The van der Waals surface area contributed by atoms with E-state index in [1.54, 1.807) is 24.4 Å². The Kier molecular flexibility index (Phi) is 5.79. The van der Waals surface area contributed by atoms with Gasteiger partial charge in [-0.1, -0.05) is 0 Å². The van der Waals surface area contributed by atoms with Crippen molar-refractivity contribution in [2.75, 3.05) is 26.2 Å². The van der Waals surface area contributed by atoms with Crippen LogP contribution in [0.15, 0.2) is 29.3 Å². The molecule has 2 N–H and O–H groups in total. The molecule has 9 heteroatoms. The van der Waals surface area contributed by atoms with Gasteiger partial charge in [-0.05, 0) is 18.2 Å². The van der Waals surface area contributed by atoms with Gasteiger partial charge in [-0.15, -0.1) is 24.8 Å². The van der Waals surface area contributed by atoms with E-state index in [-0.39, 0.29) is 24.8 Å². The molecular formula is C11H16Cl2N4O2S. The van der Waals surface area contributed by atoms with E-state index in [1.165, 1.54) is 4.31 Å². The summed E-state index contributed by atoms with van der Waals surface area (Å²) in [7, 11) is -3.39. The van der Waals surface area contributed by atoms with Gasteiger partial charge in [0.2, 0.25) is 10.0 Å². The van der Waals surface area contributed by atoms with E-state index in [2.05, 4.69) is 15.5 Å². The van der Waals surface area contributed by atoms with E-state index in [1.807, 2.05) is 0 Å². The number of sulfonamides is 1. The first kappa shape index (κ1) is 17.2. The lowest BCUT2D eigenvalue weighted by atomic mass is 10.3.